The quantitative estimate of drug-likeness (QED) is 0.746. The van der Waals surface area contributed by atoms with Gasteiger partial charge in [0.05, 0.1) is 25.9 Å². The highest BCUT2D eigenvalue weighted by Gasteiger charge is 2.22. The van der Waals surface area contributed by atoms with E-state index in [1.54, 1.807) is 12.0 Å². The van der Waals surface area contributed by atoms with E-state index in [4.69, 9.17) is 14.2 Å². The first-order chi connectivity index (χ1) is 8.92. The van der Waals surface area contributed by atoms with Gasteiger partial charge < -0.3 is 24.4 Å². The zero-order valence-electron chi connectivity index (χ0n) is 12.4. The molecule has 0 saturated carbocycles. The van der Waals surface area contributed by atoms with E-state index in [0.717, 1.165) is 19.8 Å². The summed E-state index contributed by atoms with van der Waals surface area (Å²) in [5, 5.41) is 3.33. The molecule has 6 heteroatoms. The molecule has 0 aromatic carbocycles. The van der Waals surface area contributed by atoms with Crippen LogP contribution >= 0.6 is 0 Å². The van der Waals surface area contributed by atoms with Gasteiger partial charge in [-0.2, -0.15) is 0 Å². The predicted molar refractivity (Wildman–Crippen MR) is 72.3 cm³/mol. The standard InChI is InChI=1S/C13H26N2O4/c1-13(2,3)19-12(16)15(7-8-17-4)6-5-14-11-9-18-10-11/h11,14H,5-10H2,1-4H3. The average Bonchev–Trinajstić information content (AvgIpc) is 2.23. The smallest absolute Gasteiger partial charge is 0.410 e. The number of rotatable bonds is 7. The molecule has 1 amide bonds. The maximum atomic E-state index is 12.0. The number of carbonyl (C=O) groups excluding carboxylic acids is 1. The van der Waals surface area contributed by atoms with Crippen molar-refractivity contribution < 1.29 is 19.0 Å². The van der Waals surface area contributed by atoms with Gasteiger partial charge in [0.2, 0.25) is 0 Å². The monoisotopic (exact) mass is 274 g/mol. The van der Waals surface area contributed by atoms with E-state index in [1.807, 2.05) is 20.8 Å². The lowest BCUT2D eigenvalue weighted by molar-refractivity contribution is -0.00735. The van der Waals surface area contributed by atoms with Gasteiger partial charge in [-0.05, 0) is 20.8 Å². The third-order valence-electron chi connectivity index (χ3n) is 2.67. The molecule has 0 aromatic rings. The normalized spacial score (nSPS) is 16.0. The number of amides is 1. The van der Waals surface area contributed by atoms with Gasteiger partial charge >= 0.3 is 6.09 Å². The van der Waals surface area contributed by atoms with Crippen molar-refractivity contribution in [3.05, 3.63) is 0 Å². The van der Waals surface area contributed by atoms with Gasteiger partial charge in [0.1, 0.15) is 5.60 Å². The molecule has 1 saturated heterocycles. The average molecular weight is 274 g/mol. The van der Waals surface area contributed by atoms with E-state index < -0.39 is 5.60 Å². The minimum atomic E-state index is -0.475. The lowest BCUT2D eigenvalue weighted by Gasteiger charge is -2.30. The molecule has 6 nitrogen and oxygen atoms in total. The Morgan fingerprint density at radius 2 is 2.05 bits per heavy atom. The Labute approximate surface area is 115 Å². The molecule has 0 spiro atoms. The van der Waals surface area contributed by atoms with E-state index >= 15 is 0 Å². The minimum Gasteiger partial charge on any atom is -0.444 e. The summed E-state index contributed by atoms with van der Waals surface area (Å²) in [5.41, 5.74) is -0.475. The van der Waals surface area contributed by atoms with Gasteiger partial charge in [0.25, 0.3) is 0 Å². The van der Waals surface area contributed by atoms with E-state index in [0.29, 0.717) is 25.7 Å². The molecule has 1 fully saturated rings. The van der Waals surface area contributed by atoms with Crippen molar-refractivity contribution in [1.29, 1.82) is 0 Å². The SMILES string of the molecule is COCCN(CCNC1COC1)C(=O)OC(C)(C)C. The van der Waals surface area contributed by atoms with E-state index in [9.17, 15) is 4.79 Å². The van der Waals surface area contributed by atoms with Gasteiger partial charge in [0.15, 0.2) is 0 Å². The maximum Gasteiger partial charge on any atom is 0.410 e. The van der Waals surface area contributed by atoms with Gasteiger partial charge in [-0.25, -0.2) is 4.79 Å². The zero-order valence-corrected chi connectivity index (χ0v) is 12.4. The van der Waals surface area contributed by atoms with Crippen LogP contribution in [-0.4, -0.2) is 69.2 Å². The van der Waals surface area contributed by atoms with E-state index in [-0.39, 0.29) is 6.09 Å². The van der Waals surface area contributed by atoms with Crippen LogP contribution in [-0.2, 0) is 14.2 Å². The number of hydrogen-bond acceptors (Lipinski definition) is 5. The molecule has 0 aliphatic carbocycles. The molecule has 0 aromatic heterocycles. The third-order valence-corrected chi connectivity index (χ3v) is 2.67. The maximum absolute atomic E-state index is 12.0. The fraction of sp³-hybridized carbons (Fsp3) is 0.923. The molecule has 1 aliphatic heterocycles. The Hall–Kier alpha value is -0.850. The fourth-order valence-electron chi connectivity index (χ4n) is 1.58. The molecule has 112 valence electrons. The highest BCUT2D eigenvalue weighted by atomic mass is 16.6. The zero-order chi connectivity index (χ0) is 14.3. The molecule has 1 aliphatic rings. The Bertz CT molecular complexity index is 274. The Balaban J connectivity index is 2.33. The van der Waals surface area contributed by atoms with Gasteiger partial charge in [0, 0.05) is 26.7 Å². The second-order valence-corrected chi connectivity index (χ2v) is 5.65. The summed E-state index contributed by atoms with van der Waals surface area (Å²) in [5.74, 6) is 0. The minimum absolute atomic E-state index is 0.295. The molecule has 0 unspecified atom stereocenters. The summed E-state index contributed by atoms with van der Waals surface area (Å²) >= 11 is 0. The number of ether oxygens (including phenoxy) is 3. The van der Waals surface area contributed by atoms with Crippen LogP contribution in [0.1, 0.15) is 20.8 Å². The molecule has 1 heterocycles. The van der Waals surface area contributed by atoms with Gasteiger partial charge in [-0.15, -0.1) is 0 Å². The summed E-state index contributed by atoms with van der Waals surface area (Å²) in [7, 11) is 1.62. The number of nitrogens with zero attached hydrogens (tertiary/aromatic N) is 1. The highest BCUT2D eigenvalue weighted by molar-refractivity contribution is 5.68. The summed E-state index contributed by atoms with van der Waals surface area (Å²) < 4.78 is 15.5. The number of methoxy groups -OCH3 is 1. The van der Waals surface area contributed by atoms with Crippen molar-refractivity contribution in [3.8, 4) is 0 Å². The van der Waals surface area contributed by atoms with Crippen LogP contribution in [0.15, 0.2) is 0 Å². The number of carbonyl (C=O) groups is 1. The topological polar surface area (TPSA) is 60.0 Å². The van der Waals surface area contributed by atoms with E-state index in [2.05, 4.69) is 5.32 Å². The van der Waals surface area contributed by atoms with Crippen LogP contribution < -0.4 is 5.32 Å². The Morgan fingerprint density at radius 3 is 2.53 bits per heavy atom. The number of hydrogen-bond donors (Lipinski definition) is 1. The second-order valence-electron chi connectivity index (χ2n) is 5.65. The second kappa shape index (κ2) is 7.67. The van der Waals surface area contributed by atoms with Crippen molar-refractivity contribution >= 4 is 6.09 Å². The third kappa shape index (κ3) is 6.75. The van der Waals surface area contributed by atoms with Crippen LogP contribution in [0.2, 0.25) is 0 Å². The van der Waals surface area contributed by atoms with Crippen LogP contribution in [0.3, 0.4) is 0 Å². The van der Waals surface area contributed by atoms with Crippen LogP contribution in [0.4, 0.5) is 4.79 Å². The Kier molecular flexibility index (Phi) is 6.54. The lowest BCUT2D eigenvalue weighted by Crippen LogP contribution is -2.49. The van der Waals surface area contributed by atoms with Crippen LogP contribution in [0, 0.1) is 0 Å². The van der Waals surface area contributed by atoms with Crippen molar-refractivity contribution in [3.63, 3.8) is 0 Å². The summed E-state index contributed by atoms with van der Waals surface area (Å²) in [4.78, 5) is 13.7. The summed E-state index contributed by atoms with van der Waals surface area (Å²) in [6.07, 6.45) is -0.295. The Morgan fingerprint density at radius 1 is 1.37 bits per heavy atom. The van der Waals surface area contributed by atoms with Crippen LogP contribution in [0.25, 0.3) is 0 Å². The molecule has 0 atom stereocenters. The molecule has 1 rings (SSSR count). The first-order valence-corrected chi connectivity index (χ1v) is 6.70. The molecule has 1 N–H and O–H groups in total. The van der Waals surface area contributed by atoms with Crippen molar-refractivity contribution in [1.82, 2.24) is 10.2 Å². The molecule has 0 radical (unpaired) electrons. The van der Waals surface area contributed by atoms with Gasteiger partial charge in [-0.3, -0.25) is 0 Å². The molecule has 0 bridgehead atoms. The first kappa shape index (κ1) is 16.2. The highest BCUT2D eigenvalue weighted by Crippen LogP contribution is 2.09. The van der Waals surface area contributed by atoms with Crippen LogP contribution in [0.5, 0.6) is 0 Å². The van der Waals surface area contributed by atoms with Crippen molar-refractivity contribution in [2.24, 2.45) is 0 Å². The van der Waals surface area contributed by atoms with E-state index in [1.165, 1.54) is 0 Å². The first-order valence-electron chi connectivity index (χ1n) is 6.70. The molecular weight excluding hydrogens is 248 g/mol. The van der Waals surface area contributed by atoms with Crippen molar-refractivity contribution in [2.75, 3.05) is 46.6 Å². The largest absolute Gasteiger partial charge is 0.444 e. The number of nitrogens with one attached hydrogen (secondary N) is 1. The fourth-order valence-corrected chi connectivity index (χ4v) is 1.58. The summed E-state index contributed by atoms with van der Waals surface area (Å²) in [6, 6.07) is 0.419. The predicted octanol–water partition coefficient (Wildman–Crippen LogP) is 0.858. The lowest BCUT2D eigenvalue weighted by atomic mass is 10.2. The molecule has 19 heavy (non-hydrogen) atoms. The van der Waals surface area contributed by atoms with Gasteiger partial charge in [-0.1, -0.05) is 0 Å². The summed E-state index contributed by atoms with van der Waals surface area (Å²) in [6.45, 7) is 9.48. The van der Waals surface area contributed by atoms with Crippen molar-refractivity contribution in [2.45, 2.75) is 32.4 Å². The molecular formula is C13H26N2O4.